The molecule has 0 bridgehead atoms. The molecule has 0 spiro atoms. The third-order valence-electron chi connectivity index (χ3n) is 4.63. The number of benzene rings is 2. The lowest BCUT2D eigenvalue weighted by atomic mass is 10.1. The molecule has 7 heteroatoms. The number of nitrogens with one attached hydrogen (secondary N) is 1. The Morgan fingerprint density at radius 3 is 2.93 bits per heavy atom. The van der Waals surface area contributed by atoms with E-state index in [4.69, 9.17) is 9.15 Å². The van der Waals surface area contributed by atoms with E-state index in [1.165, 1.54) is 0 Å². The highest BCUT2D eigenvalue weighted by Crippen LogP contribution is 2.33. The van der Waals surface area contributed by atoms with Crippen LogP contribution in [0.3, 0.4) is 0 Å². The molecule has 138 valence electrons. The summed E-state index contributed by atoms with van der Waals surface area (Å²) < 4.78 is 10.8. The van der Waals surface area contributed by atoms with Crippen LogP contribution >= 0.6 is 0 Å². The summed E-state index contributed by atoms with van der Waals surface area (Å²) in [4.78, 5) is 31.0. The quantitative estimate of drug-likeness (QED) is 0.768. The predicted molar refractivity (Wildman–Crippen MR) is 101 cm³/mol. The Kier molecular flexibility index (Phi) is 4.27. The Morgan fingerprint density at radius 2 is 2.11 bits per heavy atom. The van der Waals surface area contributed by atoms with Crippen molar-refractivity contribution in [3.8, 4) is 5.75 Å². The highest BCUT2D eigenvalue weighted by Gasteiger charge is 2.36. The van der Waals surface area contributed by atoms with Crippen molar-refractivity contribution in [3.05, 3.63) is 48.4 Å². The number of aromatic nitrogens is 1. The smallest absolute Gasteiger partial charge is 0.229 e. The first kappa shape index (κ1) is 17.1. The molecule has 1 fully saturated rings. The van der Waals surface area contributed by atoms with Gasteiger partial charge in [-0.2, -0.15) is 0 Å². The summed E-state index contributed by atoms with van der Waals surface area (Å²) in [7, 11) is 1.56. The molecule has 2 amide bonds. The molecule has 1 saturated heterocycles. The number of anilines is 2. The number of ether oxygens (including phenoxy) is 1. The molecule has 0 radical (unpaired) electrons. The van der Waals surface area contributed by atoms with Crippen LogP contribution in [0.5, 0.6) is 5.75 Å². The minimum atomic E-state index is -0.433. The summed E-state index contributed by atoms with van der Waals surface area (Å²) in [6.45, 7) is 2.09. The fraction of sp³-hybridized carbons (Fsp3) is 0.250. The van der Waals surface area contributed by atoms with Crippen molar-refractivity contribution in [1.29, 1.82) is 0 Å². The van der Waals surface area contributed by atoms with Crippen LogP contribution in [-0.2, 0) is 9.59 Å². The fourth-order valence-corrected chi connectivity index (χ4v) is 3.33. The van der Waals surface area contributed by atoms with Gasteiger partial charge in [0.05, 0.1) is 18.7 Å². The lowest BCUT2D eigenvalue weighted by molar-refractivity contribution is -0.122. The molecule has 1 unspecified atom stereocenters. The van der Waals surface area contributed by atoms with Crippen LogP contribution in [0.4, 0.5) is 11.4 Å². The maximum Gasteiger partial charge on any atom is 0.229 e. The van der Waals surface area contributed by atoms with Gasteiger partial charge in [0, 0.05) is 25.6 Å². The van der Waals surface area contributed by atoms with Crippen molar-refractivity contribution in [2.45, 2.75) is 13.3 Å². The second-order valence-corrected chi connectivity index (χ2v) is 6.48. The van der Waals surface area contributed by atoms with Gasteiger partial charge in [-0.1, -0.05) is 12.1 Å². The molecule has 27 heavy (non-hydrogen) atoms. The number of hydrogen-bond acceptors (Lipinski definition) is 5. The fourth-order valence-electron chi connectivity index (χ4n) is 3.33. The van der Waals surface area contributed by atoms with E-state index in [2.05, 4.69) is 10.3 Å². The van der Waals surface area contributed by atoms with Gasteiger partial charge >= 0.3 is 0 Å². The number of rotatable bonds is 4. The van der Waals surface area contributed by atoms with Gasteiger partial charge < -0.3 is 19.4 Å². The number of para-hydroxylation sites is 2. The number of nitrogens with zero attached hydrogens (tertiary/aromatic N) is 2. The van der Waals surface area contributed by atoms with Crippen LogP contribution < -0.4 is 15.0 Å². The van der Waals surface area contributed by atoms with Crippen LogP contribution in [0.25, 0.3) is 11.1 Å². The number of amides is 2. The summed E-state index contributed by atoms with van der Waals surface area (Å²) in [6.07, 6.45) is 0.162. The monoisotopic (exact) mass is 365 g/mol. The van der Waals surface area contributed by atoms with Crippen molar-refractivity contribution >= 4 is 34.3 Å². The lowest BCUT2D eigenvalue weighted by Crippen LogP contribution is -2.28. The van der Waals surface area contributed by atoms with E-state index in [0.717, 1.165) is 0 Å². The molecule has 4 rings (SSSR count). The van der Waals surface area contributed by atoms with E-state index in [9.17, 15) is 9.59 Å². The predicted octanol–water partition coefficient (Wildman–Crippen LogP) is 3.14. The molecule has 1 atom stereocenters. The van der Waals surface area contributed by atoms with E-state index < -0.39 is 5.92 Å². The summed E-state index contributed by atoms with van der Waals surface area (Å²) >= 11 is 0. The highest BCUT2D eigenvalue weighted by atomic mass is 16.5. The first-order chi connectivity index (χ1) is 13.0. The van der Waals surface area contributed by atoms with Crippen LogP contribution in [0.2, 0.25) is 0 Å². The second-order valence-electron chi connectivity index (χ2n) is 6.48. The number of fused-ring (bicyclic) bond motifs is 1. The van der Waals surface area contributed by atoms with Crippen molar-refractivity contribution in [3.63, 3.8) is 0 Å². The lowest BCUT2D eigenvalue weighted by Gasteiger charge is -2.19. The Labute approximate surface area is 155 Å². The topological polar surface area (TPSA) is 84.7 Å². The molecule has 1 N–H and O–H groups in total. The Bertz CT molecular complexity index is 1030. The first-order valence-electron chi connectivity index (χ1n) is 8.66. The van der Waals surface area contributed by atoms with Gasteiger partial charge in [-0.05, 0) is 30.3 Å². The summed E-state index contributed by atoms with van der Waals surface area (Å²) in [5.41, 5.74) is 2.66. The van der Waals surface area contributed by atoms with Gasteiger partial charge in [0.25, 0.3) is 0 Å². The number of hydrogen-bond donors (Lipinski definition) is 1. The molecule has 7 nitrogen and oxygen atoms in total. The molecule has 1 aliphatic rings. The van der Waals surface area contributed by atoms with Crippen molar-refractivity contribution < 1.29 is 18.7 Å². The van der Waals surface area contributed by atoms with Crippen molar-refractivity contribution in [2.75, 3.05) is 23.9 Å². The molecular formula is C20H19N3O4. The maximum atomic E-state index is 12.7. The first-order valence-corrected chi connectivity index (χ1v) is 8.66. The standard InChI is InChI=1S/C20H19N3O4/c1-12-21-15-10-14(7-8-17(15)27-12)22-20(25)13-9-19(24)23(11-13)16-5-3-4-6-18(16)26-2/h3-8,10,13H,9,11H2,1-2H3,(H,22,25). The number of carbonyl (C=O) groups is 2. The minimum Gasteiger partial charge on any atom is -0.495 e. The Hall–Kier alpha value is -3.35. The van der Waals surface area contributed by atoms with Gasteiger partial charge in [-0.25, -0.2) is 4.98 Å². The van der Waals surface area contributed by atoms with E-state index in [1.807, 2.05) is 18.2 Å². The molecule has 0 aliphatic carbocycles. The number of carbonyl (C=O) groups excluding carboxylic acids is 2. The zero-order chi connectivity index (χ0) is 19.0. The third-order valence-corrected chi connectivity index (χ3v) is 4.63. The molecule has 2 heterocycles. The van der Waals surface area contributed by atoms with Gasteiger partial charge in [0.1, 0.15) is 11.3 Å². The summed E-state index contributed by atoms with van der Waals surface area (Å²) in [6, 6.07) is 12.6. The SMILES string of the molecule is COc1ccccc1N1CC(C(=O)Nc2ccc3oc(C)nc3c2)CC1=O. The average molecular weight is 365 g/mol. The zero-order valence-electron chi connectivity index (χ0n) is 15.1. The normalized spacial score (nSPS) is 16.7. The molecule has 2 aromatic carbocycles. The second kappa shape index (κ2) is 6.75. The summed E-state index contributed by atoms with van der Waals surface area (Å²) in [5.74, 6) is 0.459. The van der Waals surface area contributed by atoms with Crippen LogP contribution in [-0.4, -0.2) is 30.5 Å². The van der Waals surface area contributed by atoms with Crippen LogP contribution in [0.15, 0.2) is 46.9 Å². The average Bonchev–Trinajstić information content (AvgIpc) is 3.23. The van der Waals surface area contributed by atoms with E-state index in [-0.39, 0.29) is 18.2 Å². The number of methoxy groups -OCH3 is 1. The van der Waals surface area contributed by atoms with E-state index in [1.54, 1.807) is 43.2 Å². The Morgan fingerprint density at radius 1 is 1.30 bits per heavy atom. The molecule has 3 aromatic rings. The third kappa shape index (κ3) is 3.23. The van der Waals surface area contributed by atoms with Crippen LogP contribution in [0, 0.1) is 12.8 Å². The molecule has 1 aromatic heterocycles. The van der Waals surface area contributed by atoms with Crippen molar-refractivity contribution in [1.82, 2.24) is 4.98 Å². The Balaban J connectivity index is 1.50. The molecular weight excluding hydrogens is 346 g/mol. The van der Waals surface area contributed by atoms with Crippen molar-refractivity contribution in [2.24, 2.45) is 5.92 Å². The van der Waals surface area contributed by atoms with E-state index in [0.29, 0.717) is 40.7 Å². The van der Waals surface area contributed by atoms with Gasteiger partial charge in [0.15, 0.2) is 11.5 Å². The van der Waals surface area contributed by atoms with E-state index >= 15 is 0 Å². The van der Waals surface area contributed by atoms with Gasteiger partial charge in [0.2, 0.25) is 11.8 Å². The number of aryl methyl sites for hydroxylation is 1. The summed E-state index contributed by atoms with van der Waals surface area (Å²) in [5, 5.41) is 2.88. The van der Waals surface area contributed by atoms with Crippen LogP contribution in [0.1, 0.15) is 12.3 Å². The molecule has 1 aliphatic heterocycles. The largest absolute Gasteiger partial charge is 0.495 e. The highest BCUT2D eigenvalue weighted by molar-refractivity contribution is 6.04. The van der Waals surface area contributed by atoms with Gasteiger partial charge in [-0.3, -0.25) is 9.59 Å². The minimum absolute atomic E-state index is 0.0952. The van der Waals surface area contributed by atoms with Gasteiger partial charge in [-0.15, -0.1) is 0 Å². The zero-order valence-corrected chi connectivity index (χ0v) is 15.1. The number of oxazole rings is 1. The molecule has 0 saturated carbocycles. The maximum absolute atomic E-state index is 12.7.